The van der Waals surface area contributed by atoms with Crippen molar-refractivity contribution in [3.63, 3.8) is 0 Å². The molecule has 0 bridgehead atoms. The fourth-order valence-electron chi connectivity index (χ4n) is 10.1. The van der Waals surface area contributed by atoms with Gasteiger partial charge >= 0.3 is 0 Å². The normalized spacial score (nSPS) is 44.0. The van der Waals surface area contributed by atoms with Crippen molar-refractivity contribution in [1.29, 1.82) is 0 Å². The minimum absolute atomic E-state index is 0.111. The highest BCUT2D eigenvalue weighted by Crippen LogP contribution is 2.67. The quantitative estimate of drug-likeness (QED) is 0.435. The average Bonchev–Trinajstić information content (AvgIpc) is 3.64. The third-order valence-corrected chi connectivity index (χ3v) is 12.4. The van der Waals surface area contributed by atoms with Crippen molar-refractivity contribution in [2.45, 2.75) is 110 Å². The molecule has 5 aliphatic carbocycles. The van der Waals surface area contributed by atoms with E-state index < -0.39 is 0 Å². The van der Waals surface area contributed by atoms with Gasteiger partial charge in [0.25, 0.3) is 0 Å². The van der Waals surface area contributed by atoms with Crippen molar-refractivity contribution in [3.05, 3.63) is 23.3 Å². The predicted molar refractivity (Wildman–Crippen MR) is 142 cm³/mol. The van der Waals surface area contributed by atoms with E-state index in [1.807, 2.05) is 0 Å². The van der Waals surface area contributed by atoms with E-state index in [9.17, 15) is 9.90 Å². The molecule has 194 valence electrons. The Balaban J connectivity index is 1.08. The molecule has 1 N–H and O–H groups in total. The first kappa shape index (κ1) is 24.3. The van der Waals surface area contributed by atoms with E-state index in [-0.39, 0.29) is 6.10 Å². The van der Waals surface area contributed by atoms with Crippen LogP contribution in [0.2, 0.25) is 0 Å². The maximum Gasteiger partial charge on any atom is 0.222 e. The Bertz CT molecular complexity index is 901. The number of carbonyl (C=O) groups is 1. The molecule has 1 aliphatic heterocycles. The highest BCUT2D eigenvalue weighted by Gasteiger charge is 2.59. The first-order chi connectivity index (χ1) is 16.8. The number of hydrogen-bond acceptors (Lipinski definition) is 2. The summed E-state index contributed by atoms with van der Waals surface area (Å²) >= 11 is 0. The topological polar surface area (TPSA) is 40.5 Å². The monoisotopic (exact) mass is 479 g/mol. The molecule has 3 heteroatoms. The molecular formula is C32H49NO2. The van der Waals surface area contributed by atoms with Crippen LogP contribution in [-0.4, -0.2) is 35.1 Å². The zero-order valence-corrected chi connectivity index (χ0v) is 22.6. The van der Waals surface area contributed by atoms with Gasteiger partial charge in [0.15, 0.2) is 0 Å². The Hall–Kier alpha value is -1.09. The smallest absolute Gasteiger partial charge is 0.222 e. The molecular weight excluding hydrogens is 430 g/mol. The maximum absolute atomic E-state index is 13.0. The summed E-state index contributed by atoms with van der Waals surface area (Å²) in [5.74, 6) is 5.16. The van der Waals surface area contributed by atoms with Crippen molar-refractivity contribution in [1.82, 2.24) is 4.90 Å². The average molecular weight is 480 g/mol. The lowest BCUT2D eigenvalue weighted by molar-refractivity contribution is -0.131. The van der Waals surface area contributed by atoms with Crippen LogP contribution in [0.4, 0.5) is 0 Å². The molecule has 0 unspecified atom stereocenters. The van der Waals surface area contributed by atoms with E-state index in [4.69, 9.17) is 0 Å². The first-order valence-corrected chi connectivity index (χ1v) is 15.1. The van der Waals surface area contributed by atoms with Crippen LogP contribution in [0.25, 0.3) is 0 Å². The lowest BCUT2D eigenvalue weighted by Crippen LogP contribution is -2.50. The number of allylic oxidation sites excluding steroid dienone is 1. The lowest BCUT2D eigenvalue weighted by Gasteiger charge is -2.58. The minimum Gasteiger partial charge on any atom is -0.393 e. The Kier molecular flexibility index (Phi) is 6.26. The minimum atomic E-state index is -0.111. The van der Waals surface area contributed by atoms with Gasteiger partial charge in [-0.1, -0.05) is 44.1 Å². The van der Waals surface area contributed by atoms with Gasteiger partial charge < -0.3 is 10.0 Å². The molecule has 0 aromatic heterocycles. The molecule has 35 heavy (non-hydrogen) atoms. The van der Waals surface area contributed by atoms with Gasteiger partial charge in [-0.15, -0.1) is 0 Å². The maximum atomic E-state index is 13.0. The molecule has 6 rings (SSSR count). The number of hydrogen-bond donors (Lipinski definition) is 1. The van der Waals surface area contributed by atoms with Crippen LogP contribution < -0.4 is 0 Å². The van der Waals surface area contributed by atoms with Crippen LogP contribution in [0.1, 0.15) is 104 Å². The summed E-state index contributed by atoms with van der Waals surface area (Å²) in [5, 5.41) is 10.3. The molecule has 1 amide bonds. The van der Waals surface area contributed by atoms with E-state index in [1.165, 1.54) is 51.4 Å². The van der Waals surface area contributed by atoms with E-state index in [0.29, 0.717) is 22.7 Å². The summed E-state index contributed by atoms with van der Waals surface area (Å²) < 4.78 is 0. The van der Waals surface area contributed by atoms with Crippen molar-refractivity contribution in [2.24, 2.45) is 46.3 Å². The standard InChI is InChI=1S/C32H49NO2/c1-21(4-11-30(35)33-18-14-23(15-19-33)22-5-6-22)27-9-10-28-26-8-7-24-20-25(34)12-16-31(24,2)29(26)13-17-32(27,28)3/h7,14,21-22,25-29,34H,4-6,8-13,15-20H2,1-3H3/t21-,25+,26+,27-,28+,29+,31+,32-/m1/s1. The van der Waals surface area contributed by atoms with Gasteiger partial charge in [0.2, 0.25) is 5.91 Å². The number of fused-ring (bicyclic) bond motifs is 5. The zero-order chi connectivity index (χ0) is 24.4. The summed E-state index contributed by atoms with van der Waals surface area (Å²) in [4.78, 5) is 15.1. The van der Waals surface area contributed by atoms with Gasteiger partial charge in [-0.2, -0.15) is 0 Å². The second kappa shape index (κ2) is 9.03. The molecule has 0 aromatic rings. The number of rotatable bonds is 5. The number of carbonyl (C=O) groups excluding carboxylic acids is 1. The Morgan fingerprint density at radius 3 is 2.66 bits per heavy atom. The number of nitrogens with zero attached hydrogens (tertiary/aromatic N) is 1. The third kappa shape index (κ3) is 4.16. The van der Waals surface area contributed by atoms with Crippen LogP contribution in [0.5, 0.6) is 0 Å². The summed E-state index contributed by atoms with van der Waals surface area (Å²) in [6.45, 7) is 9.44. The Morgan fingerprint density at radius 2 is 1.91 bits per heavy atom. The zero-order valence-electron chi connectivity index (χ0n) is 22.6. The molecule has 8 atom stereocenters. The van der Waals surface area contributed by atoms with E-state index >= 15 is 0 Å². The van der Waals surface area contributed by atoms with E-state index in [1.54, 1.807) is 11.1 Å². The summed E-state index contributed by atoms with van der Waals surface area (Å²) in [5.41, 5.74) is 4.00. The second-order valence-electron chi connectivity index (χ2n) is 14.0. The highest BCUT2D eigenvalue weighted by molar-refractivity contribution is 5.76. The van der Waals surface area contributed by atoms with Crippen LogP contribution in [0.15, 0.2) is 23.3 Å². The fourth-order valence-corrected chi connectivity index (χ4v) is 10.1. The van der Waals surface area contributed by atoms with Gasteiger partial charge in [0.05, 0.1) is 6.10 Å². The Morgan fingerprint density at radius 1 is 1.09 bits per heavy atom. The largest absolute Gasteiger partial charge is 0.393 e. The van der Waals surface area contributed by atoms with Crippen molar-refractivity contribution in [3.8, 4) is 0 Å². The molecule has 0 spiro atoms. The van der Waals surface area contributed by atoms with Crippen molar-refractivity contribution in [2.75, 3.05) is 13.1 Å². The molecule has 0 aromatic carbocycles. The third-order valence-electron chi connectivity index (χ3n) is 12.4. The fraction of sp³-hybridized carbons (Fsp3) is 0.844. The van der Waals surface area contributed by atoms with Gasteiger partial charge in [0.1, 0.15) is 0 Å². The SMILES string of the molecule is C[C@H](CCC(=O)N1CC=C(C2CC2)CC1)[C@H]1CC[C@H]2[C@@H]3CC=C4C[C@@H](O)CC[C@]4(C)[C@H]3CC[C@]12C. The molecule has 4 fully saturated rings. The van der Waals surface area contributed by atoms with Gasteiger partial charge in [0, 0.05) is 19.5 Å². The number of amides is 1. The van der Waals surface area contributed by atoms with Crippen molar-refractivity contribution < 1.29 is 9.90 Å². The highest BCUT2D eigenvalue weighted by atomic mass is 16.3. The first-order valence-electron chi connectivity index (χ1n) is 15.1. The lowest BCUT2D eigenvalue weighted by atomic mass is 9.47. The number of aliphatic hydroxyl groups is 1. The predicted octanol–water partition coefficient (Wildman–Crippen LogP) is 6.91. The van der Waals surface area contributed by atoms with Gasteiger partial charge in [-0.05, 0) is 123 Å². The summed E-state index contributed by atoms with van der Waals surface area (Å²) in [6.07, 6.45) is 20.3. The summed E-state index contributed by atoms with van der Waals surface area (Å²) in [7, 11) is 0. The molecule has 3 nitrogen and oxygen atoms in total. The number of aliphatic hydroxyl groups excluding tert-OH is 1. The van der Waals surface area contributed by atoms with Crippen molar-refractivity contribution >= 4 is 5.91 Å². The van der Waals surface area contributed by atoms with E-state index in [0.717, 1.165) is 74.8 Å². The molecule has 1 heterocycles. The van der Waals surface area contributed by atoms with Gasteiger partial charge in [-0.3, -0.25) is 4.79 Å². The second-order valence-corrected chi connectivity index (χ2v) is 14.0. The Labute approximate surface area is 213 Å². The molecule has 0 saturated heterocycles. The van der Waals surface area contributed by atoms with Crippen LogP contribution in [0, 0.1) is 46.3 Å². The van der Waals surface area contributed by atoms with Crippen LogP contribution >= 0.6 is 0 Å². The van der Waals surface area contributed by atoms with Gasteiger partial charge in [-0.25, -0.2) is 0 Å². The summed E-state index contributed by atoms with van der Waals surface area (Å²) in [6, 6.07) is 0. The molecule has 6 aliphatic rings. The van der Waals surface area contributed by atoms with Crippen LogP contribution in [0.3, 0.4) is 0 Å². The molecule has 4 saturated carbocycles. The van der Waals surface area contributed by atoms with E-state index in [2.05, 4.69) is 37.8 Å². The molecule has 0 radical (unpaired) electrons. The van der Waals surface area contributed by atoms with Crippen LogP contribution in [-0.2, 0) is 4.79 Å².